The number of hydrazone groups is 1. The molecule has 0 aliphatic carbocycles. The number of nitrogens with one attached hydrogen (secondary N) is 1. The highest BCUT2D eigenvalue weighted by molar-refractivity contribution is 5.72. The average molecular weight is 116 g/mol. The first-order valence-electron chi connectivity index (χ1n) is 2.65. The first kappa shape index (κ1) is 7.27. The van der Waals surface area contributed by atoms with Crippen LogP contribution in [-0.2, 0) is 4.74 Å². The molecule has 48 valence electrons. The van der Waals surface area contributed by atoms with Crippen LogP contribution in [0.25, 0.3) is 0 Å². The van der Waals surface area contributed by atoms with Gasteiger partial charge in [0.2, 0.25) is 5.90 Å². The first-order valence-corrected chi connectivity index (χ1v) is 2.65. The van der Waals surface area contributed by atoms with Gasteiger partial charge in [-0.2, -0.15) is 0 Å². The van der Waals surface area contributed by atoms with Gasteiger partial charge in [-0.1, -0.05) is 0 Å². The van der Waals surface area contributed by atoms with Gasteiger partial charge in [0.15, 0.2) is 0 Å². The zero-order valence-electron chi connectivity index (χ0n) is 5.56. The summed E-state index contributed by atoms with van der Waals surface area (Å²) in [6.07, 6.45) is 0. The van der Waals surface area contributed by atoms with Crippen molar-refractivity contribution in [1.29, 1.82) is 0 Å². The van der Waals surface area contributed by atoms with Crippen LogP contribution in [-0.4, -0.2) is 19.6 Å². The number of hydrogen-bond donors (Lipinski definition) is 1. The number of nitrogens with zero attached hydrogens (tertiary/aromatic N) is 1. The third-order valence-corrected chi connectivity index (χ3v) is 0.622. The maximum Gasteiger partial charge on any atom is 0.202 e. The van der Waals surface area contributed by atoms with Crippen molar-refractivity contribution >= 4 is 5.90 Å². The van der Waals surface area contributed by atoms with Crippen molar-refractivity contribution in [2.24, 2.45) is 5.10 Å². The fraction of sp³-hybridized carbons (Fsp3) is 0.800. The van der Waals surface area contributed by atoms with E-state index >= 15 is 0 Å². The van der Waals surface area contributed by atoms with Crippen LogP contribution < -0.4 is 5.43 Å². The van der Waals surface area contributed by atoms with Crippen molar-refractivity contribution in [2.75, 3.05) is 13.7 Å². The van der Waals surface area contributed by atoms with Gasteiger partial charge in [0, 0.05) is 14.0 Å². The lowest BCUT2D eigenvalue weighted by Gasteiger charge is -1.98. The summed E-state index contributed by atoms with van der Waals surface area (Å²) in [5, 5.41) is 3.76. The fourth-order valence-corrected chi connectivity index (χ4v) is 0.399. The molecule has 0 aromatic rings. The Hall–Kier alpha value is -0.730. The Morgan fingerprint density at radius 3 is 2.75 bits per heavy atom. The first-order chi connectivity index (χ1) is 3.81. The highest BCUT2D eigenvalue weighted by atomic mass is 16.5. The van der Waals surface area contributed by atoms with Crippen molar-refractivity contribution in [3.05, 3.63) is 0 Å². The van der Waals surface area contributed by atoms with Crippen molar-refractivity contribution < 1.29 is 4.74 Å². The van der Waals surface area contributed by atoms with Crippen LogP contribution in [0.1, 0.15) is 13.8 Å². The summed E-state index contributed by atoms with van der Waals surface area (Å²) < 4.78 is 4.97. The molecule has 0 unspecified atom stereocenters. The van der Waals surface area contributed by atoms with E-state index in [1.165, 1.54) is 0 Å². The molecule has 0 bridgehead atoms. The van der Waals surface area contributed by atoms with E-state index in [-0.39, 0.29) is 0 Å². The summed E-state index contributed by atoms with van der Waals surface area (Å²) in [6.45, 7) is 4.41. The quantitative estimate of drug-likeness (QED) is 0.325. The lowest BCUT2D eigenvalue weighted by Crippen LogP contribution is -2.05. The zero-order valence-corrected chi connectivity index (χ0v) is 5.56. The molecule has 0 radical (unpaired) electrons. The lowest BCUT2D eigenvalue weighted by molar-refractivity contribution is 0.321. The standard InChI is InChI=1S/C5H12N2O/c1-4-8-5(2)7-6-3/h6H,4H2,1-3H3/b7-5-. The van der Waals surface area contributed by atoms with Crippen LogP contribution in [0.2, 0.25) is 0 Å². The molecule has 0 saturated carbocycles. The van der Waals surface area contributed by atoms with Crippen LogP contribution in [0.3, 0.4) is 0 Å². The highest BCUT2D eigenvalue weighted by Gasteiger charge is 1.82. The third kappa shape index (κ3) is 3.46. The topological polar surface area (TPSA) is 33.6 Å². The van der Waals surface area contributed by atoms with E-state index in [0.29, 0.717) is 12.5 Å². The average Bonchev–Trinajstić information content (AvgIpc) is 1.68. The van der Waals surface area contributed by atoms with Crippen LogP contribution in [0.5, 0.6) is 0 Å². The summed E-state index contributed by atoms with van der Waals surface area (Å²) >= 11 is 0. The molecular formula is C5H12N2O. The molecule has 0 rings (SSSR count). The van der Waals surface area contributed by atoms with Gasteiger partial charge in [-0.15, -0.1) is 5.10 Å². The molecule has 0 aromatic heterocycles. The van der Waals surface area contributed by atoms with E-state index in [1.807, 2.05) is 6.92 Å². The largest absolute Gasteiger partial charge is 0.480 e. The van der Waals surface area contributed by atoms with Gasteiger partial charge in [0.05, 0.1) is 6.61 Å². The molecule has 0 aliphatic rings. The van der Waals surface area contributed by atoms with E-state index in [0.717, 1.165) is 0 Å². The van der Waals surface area contributed by atoms with Crippen LogP contribution in [0.4, 0.5) is 0 Å². The predicted molar refractivity (Wildman–Crippen MR) is 33.8 cm³/mol. The van der Waals surface area contributed by atoms with Crippen LogP contribution >= 0.6 is 0 Å². The van der Waals surface area contributed by atoms with Gasteiger partial charge >= 0.3 is 0 Å². The van der Waals surface area contributed by atoms with Crippen LogP contribution in [0, 0.1) is 0 Å². The molecule has 8 heavy (non-hydrogen) atoms. The molecule has 0 heterocycles. The van der Waals surface area contributed by atoms with Gasteiger partial charge in [-0.3, -0.25) is 0 Å². The van der Waals surface area contributed by atoms with Crippen molar-refractivity contribution in [2.45, 2.75) is 13.8 Å². The van der Waals surface area contributed by atoms with Crippen molar-refractivity contribution in [3.8, 4) is 0 Å². The Morgan fingerprint density at radius 1 is 1.75 bits per heavy atom. The van der Waals surface area contributed by atoms with E-state index in [4.69, 9.17) is 4.74 Å². The molecular weight excluding hydrogens is 104 g/mol. The molecule has 0 amide bonds. The molecule has 0 aliphatic heterocycles. The smallest absolute Gasteiger partial charge is 0.202 e. The summed E-state index contributed by atoms with van der Waals surface area (Å²) in [6, 6.07) is 0. The summed E-state index contributed by atoms with van der Waals surface area (Å²) in [7, 11) is 1.74. The number of ether oxygens (including phenoxy) is 1. The monoisotopic (exact) mass is 116 g/mol. The minimum absolute atomic E-state index is 0.676. The lowest BCUT2D eigenvalue weighted by atomic mass is 10.7. The normalized spacial score (nSPS) is 11.1. The predicted octanol–water partition coefficient (Wildman–Crippen LogP) is 0.576. The fourth-order valence-electron chi connectivity index (χ4n) is 0.399. The Morgan fingerprint density at radius 2 is 2.38 bits per heavy atom. The van der Waals surface area contributed by atoms with Gasteiger partial charge in [-0.25, -0.2) is 0 Å². The molecule has 0 aromatic carbocycles. The van der Waals surface area contributed by atoms with E-state index in [9.17, 15) is 0 Å². The highest BCUT2D eigenvalue weighted by Crippen LogP contribution is 1.76. The Kier molecular flexibility index (Phi) is 4.03. The Balaban J connectivity index is 3.29. The number of rotatable bonds is 2. The summed E-state index contributed by atoms with van der Waals surface area (Å²) in [4.78, 5) is 0. The number of hydrogen-bond acceptors (Lipinski definition) is 3. The minimum atomic E-state index is 0.676. The van der Waals surface area contributed by atoms with Crippen molar-refractivity contribution in [3.63, 3.8) is 0 Å². The molecule has 3 nitrogen and oxygen atoms in total. The third-order valence-electron chi connectivity index (χ3n) is 0.622. The Bertz CT molecular complexity index is 80.5. The van der Waals surface area contributed by atoms with Crippen LogP contribution in [0.15, 0.2) is 5.10 Å². The molecule has 0 saturated heterocycles. The molecule has 0 atom stereocenters. The van der Waals surface area contributed by atoms with Crippen molar-refractivity contribution in [1.82, 2.24) is 5.43 Å². The minimum Gasteiger partial charge on any atom is -0.480 e. The van der Waals surface area contributed by atoms with Gasteiger partial charge in [0.1, 0.15) is 0 Å². The van der Waals surface area contributed by atoms with E-state index in [2.05, 4.69) is 10.5 Å². The summed E-state index contributed by atoms with van der Waals surface area (Å²) in [5.41, 5.74) is 2.62. The molecule has 0 fully saturated rings. The molecule has 3 heteroatoms. The van der Waals surface area contributed by atoms with Gasteiger partial charge < -0.3 is 10.2 Å². The SMILES string of the molecule is CCO/C(C)=N\NC. The second kappa shape index (κ2) is 4.43. The van der Waals surface area contributed by atoms with Gasteiger partial charge in [-0.05, 0) is 6.92 Å². The molecule has 0 spiro atoms. The maximum absolute atomic E-state index is 4.97. The summed E-state index contributed by atoms with van der Waals surface area (Å²) in [5.74, 6) is 0.676. The second-order valence-electron chi connectivity index (χ2n) is 1.29. The maximum atomic E-state index is 4.97. The van der Waals surface area contributed by atoms with Gasteiger partial charge in [0.25, 0.3) is 0 Å². The molecule has 1 N–H and O–H groups in total. The van der Waals surface area contributed by atoms with E-state index < -0.39 is 0 Å². The Labute approximate surface area is 49.7 Å². The zero-order chi connectivity index (χ0) is 6.41. The van der Waals surface area contributed by atoms with E-state index in [1.54, 1.807) is 14.0 Å². The second-order valence-corrected chi connectivity index (χ2v) is 1.29.